The second kappa shape index (κ2) is 9.16. The van der Waals surface area contributed by atoms with Gasteiger partial charge in [-0.3, -0.25) is 0 Å². The van der Waals surface area contributed by atoms with Crippen LogP contribution in [0.5, 0.6) is 11.5 Å². The predicted molar refractivity (Wildman–Crippen MR) is 99.3 cm³/mol. The first kappa shape index (κ1) is 17.4. The molecular formula is C20H32N2O2. The summed E-state index contributed by atoms with van der Waals surface area (Å²) >= 11 is 0. The zero-order valence-electron chi connectivity index (χ0n) is 15.1. The van der Waals surface area contributed by atoms with Gasteiger partial charge in [0, 0.05) is 24.3 Å². The summed E-state index contributed by atoms with van der Waals surface area (Å²) in [5.41, 5.74) is 1.15. The molecule has 134 valence electrons. The first-order valence-electron chi connectivity index (χ1n) is 9.65. The van der Waals surface area contributed by atoms with Crippen LogP contribution in [0.4, 0.5) is 5.69 Å². The van der Waals surface area contributed by atoms with Crippen LogP contribution in [0.3, 0.4) is 0 Å². The highest BCUT2D eigenvalue weighted by molar-refractivity contribution is 5.55. The van der Waals surface area contributed by atoms with Crippen molar-refractivity contribution in [3.8, 4) is 11.5 Å². The molecule has 1 aliphatic carbocycles. The number of hydrogen-bond acceptors (Lipinski definition) is 4. The van der Waals surface area contributed by atoms with Gasteiger partial charge in [-0.05, 0) is 57.3 Å². The van der Waals surface area contributed by atoms with Gasteiger partial charge in [0.25, 0.3) is 0 Å². The van der Waals surface area contributed by atoms with Gasteiger partial charge < -0.3 is 19.7 Å². The highest BCUT2D eigenvalue weighted by atomic mass is 16.5. The molecule has 4 heteroatoms. The summed E-state index contributed by atoms with van der Waals surface area (Å²) < 4.78 is 11.5. The van der Waals surface area contributed by atoms with Crippen LogP contribution in [-0.4, -0.2) is 44.3 Å². The average Bonchev–Trinajstić information content (AvgIpc) is 3.13. The Bertz CT molecular complexity index is 494. The lowest BCUT2D eigenvalue weighted by molar-refractivity contribution is 0.254. The third-order valence-corrected chi connectivity index (χ3v) is 5.21. The maximum Gasteiger partial charge on any atom is 0.163 e. The molecule has 1 saturated heterocycles. The largest absolute Gasteiger partial charge is 0.493 e. The second-order valence-corrected chi connectivity index (χ2v) is 7.10. The Morgan fingerprint density at radius 3 is 2.58 bits per heavy atom. The first-order chi connectivity index (χ1) is 11.8. The lowest BCUT2D eigenvalue weighted by Crippen LogP contribution is -2.22. The monoisotopic (exact) mass is 332 g/mol. The topological polar surface area (TPSA) is 33.7 Å². The molecule has 0 radical (unpaired) electrons. The summed E-state index contributed by atoms with van der Waals surface area (Å²) in [5, 5.41) is 3.66. The lowest BCUT2D eigenvalue weighted by atomic mass is 9.95. The summed E-state index contributed by atoms with van der Waals surface area (Å²) in [4.78, 5) is 2.53. The minimum absolute atomic E-state index is 0.607. The van der Waals surface area contributed by atoms with Gasteiger partial charge in [-0.15, -0.1) is 0 Å². The lowest BCUT2D eigenvalue weighted by Gasteiger charge is -2.24. The molecule has 0 aromatic heterocycles. The maximum absolute atomic E-state index is 6.03. The van der Waals surface area contributed by atoms with Crippen molar-refractivity contribution in [3.63, 3.8) is 0 Å². The van der Waals surface area contributed by atoms with Crippen molar-refractivity contribution in [2.75, 3.05) is 38.7 Å². The first-order valence-corrected chi connectivity index (χ1v) is 9.65. The zero-order chi connectivity index (χ0) is 16.6. The van der Waals surface area contributed by atoms with Crippen LogP contribution in [-0.2, 0) is 0 Å². The summed E-state index contributed by atoms with van der Waals surface area (Å²) in [5.74, 6) is 1.69. The van der Waals surface area contributed by atoms with Crippen LogP contribution in [0, 0.1) is 0 Å². The molecule has 24 heavy (non-hydrogen) atoms. The number of anilines is 1. The van der Waals surface area contributed by atoms with Gasteiger partial charge >= 0.3 is 0 Å². The number of benzene rings is 1. The van der Waals surface area contributed by atoms with Gasteiger partial charge in [0.05, 0.1) is 13.7 Å². The van der Waals surface area contributed by atoms with Crippen LogP contribution < -0.4 is 14.8 Å². The van der Waals surface area contributed by atoms with E-state index in [-0.39, 0.29) is 0 Å². The fourth-order valence-electron chi connectivity index (χ4n) is 3.84. The van der Waals surface area contributed by atoms with Crippen molar-refractivity contribution in [3.05, 3.63) is 18.2 Å². The smallest absolute Gasteiger partial charge is 0.163 e. The highest BCUT2D eigenvalue weighted by Gasteiger charge is 2.15. The average molecular weight is 332 g/mol. The zero-order valence-corrected chi connectivity index (χ0v) is 15.1. The Labute approximate surface area is 146 Å². The van der Waals surface area contributed by atoms with Crippen LogP contribution in [0.25, 0.3) is 0 Å². The molecule has 3 rings (SSSR count). The minimum atomic E-state index is 0.607. The Hall–Kier alpha value is -1.42. The van der Waals surface area contributed by atoms with Gasteiger partial charge in [-0.25, -0.2) is 0 Å². The van der Waals surface area contributed by atoms with E-state index in [9.17, 15) is 0 Å². The molecule has 1 aliphatic heterocycles. The second-order valence-electron chi connectivity index (χ2n) is 7.10. The van der Waals surface area contributed by atoms with Crippen molar-refractivity contribution >= 4 is 5.69 Å². The molecule has 1 aromatic carbocycles. The number of ether oxygens (including phenoxy) is 2. The Morgan fingerprint density at radius 1 is 1.04 bits per heavy atom. The van der Waals surface area contributed by atoms with Gasteiger partial charge in [0.15, 0.2) is 11.5 Å². The molecule has 0 bridgehead atoms. The third kappa shape index (κ3) is 5.04. The standard InChI is InChI=1S/C20H32N2O2/c1-23-19-11-10-18(21-17-8-3-2-4-9-17)16-20(19)24-15-7-14-22-12-5-6-13-22/h10-11,16-17,21H,2-9,12-15H2,1H3. The number of methoxy groups -OCH3 is 1. The van der Waals surface area contributed by atoms with E-state index in [4.69, 9.17) is 9.47 Å². The highest BCUT2D eigenvalue weighted by Crippen LogP contribution is 2.31. The van der Waals surface area contributed by atoms with E-state index in [2.05, 4.69) is 22.3 Å². The molecular weight excluding hydrogens is 300 g/mol. The summed E-state index contributed by atoms with van der Waals surface area (Å²) in [6.07, 6.45) is 10.4. The third-order valence-electron chi connectivity index (χ3n) is 5.21. The SMILES string of the molecule is COc1ccc(NC2CCCCC2)cc1OCCCN1CCCC1. The van der Waals surface area contributed by atoms with Gasteiger partial charge in [-0.1, -0.05) is 19.3 Å². The number of nitrogens with one attached hydrogen (secondary N) is 1. The fraction of sp³-hybridized carbons (Fsp3) is 0.700. The summed E-state index contributed by atoms with van der Waals surface area (Å²) in [7, 11) is 1.71. The van der Waals surface area contributed by atoms with Gasteiger partial charge in [0.1, 0.15) is 0 Å². The van der Waals surface area contributed by atoms with Gasteiger partial charge in [-0.2, -0.15) is 0 Å². The molecule has 1 aromatic rings. The minimum Gasteiger partial charge on any atom is -0.493 e. The normalized spacial score (nSPS) is 19.4. The number of likely N-dealkylation sites (tertiary alicyclic amines) is 1. The molecule has 0 amide bonds. The van der Waals surface area contributed by atoms with Crippen molar-refractivity contribution in [1.82, 2.24) is 4.90 Å². The Kier molecular flexibility index (Phi) is 6.65. The Morgan fingerprint density at radius 2 is 1.83 bits per heavy atom. The van der Waals surface area contributed by atoms with Crippen LogP contribution in [0.1, 0.15) is 51.4 Å². The van der Waals surface area contributed by atoms with Crippen molar-refractivity contribution in [1.29, 1.82) is 0 Å². The van der Waals surface area contributed by atoms with Gasteiger partial charge in [0.2, 0.25) is 0 Å². The summed E-state index contributed by atoms with van der Waals surface area (Å²) in [6, 6.07) is 6.82. The molecule has 2 aliphatic rings. The van der Waals surface area contributed by atoms with E-state index < -0.39 is 0 Å². The van der Waals surface area contributed by atoms with Crippen LogP contribution in [0.15, 0.2) is 18.2 Å². The fourth-order valence-corrected chi connectivity index (χ4v) is 3.84. The van der Waals surface area contributed by atoms with E-state index in [0.717, 1.165) is 36.8 Å². The predicted octanol–water partition coefficient (Wildman–Crippen LogP) is 4.30. The van der Waals surface area contributed by atoms with Crippen molar-refractivity contribution < 1.29 is 9.47 Å². The molecule has 1 heterocycles. The number of rotatable bonds is 8. The Balaban J connectivity index is 1.50. The molecule has 0 spiro atoms. The van der Waals surface area contributed by atoms with E-state index in [0.29, 0.717) is 6.04 Å². The molecule has 1 saturated carbocycles. The number of nitrogens with zero attached hydrogens (tertiary/aromatic N) is 1. The van der Waals surface area contributed by atoms with Crippen LogP contribution >= 0.6 is 0 Å². The molecule has 0 unspecified atom stereocenters. The quantitative estimate of drug-likeness (QED) is 0.720. The van der Waals surface area contributed by atoms with Crippen LogP contribution in [0.2, 0.25) is 0 Å². The maximum atomic E-state index is 6.03. The molecule has 4 nitrogen and oxygen atoms in total. The van der Waals surface area contributed by atoms with E-state index in [1.165, 1.54) is 58.0 Å². The van der Waals surface area contributed by atoms with Crippen molar-refractivity contribution in [2.45, 2.75) is 57.4 Å². The summed E-state index contributed by atoms with van der Waals surface area (Å²) in [6.45, 7) is 4.40. The molecule has 1 N–H and O–H groups in total. The van der Waals surface area contributed by atoms with E-state index >= 15 is 0 Å². The van der Waals surface area contributed by atoms with Crippen molar-refractivity contribution in [2.24, 2.45) is 0 Å². The van der Waals surface area contributed by atoms with E-state index in [1.54, 1.807) is 7.11 Å². The number of hydrogen-bond donors (Lipinski definition) is 1. The molecule has 0 atom stereocenters. The van der Waals surface area contributed by atoms with E-state index in [1.807, 2.05) is 6.07 Å². The molecule has 2 fully saturated rings.